The number of hydrogen-bond donors (Lipinski definition) is 2. The smallest absolute Gasteiger partial charge is 0.345 e. The molecule has 4 rings (SSSR count). The Morgan fingerprint density at radius 2 is 1.93 bits per heavy atom. The molecule has 4 heteroatoms. The normalized spacial score (nSPS) is 21.2. The van der Waals surface area contributed by atoms with Crippen molar-refractivity contribution in [2.75, 3.05) is 0 Å². The van der Waals surface area contributed by atoms with Crippen LogP contribution in [0.2, 0.25) is 0 Å². The quantitative estimate of drug-likeness (QED) is 0.573. The first-order chi connectivity index (χ1) is 13.1. The predicted molar refractivity (Wildman–Crippen MR) is 112 cm³/mol. The molecule has 140 valence electrons. The minimum atomic E-state index is -0.818. The van der Waals surface area contributed by atoms with E-state index in [9.17, 15) is 9.90 Å². The van der Waals surface area contributed by atoms with Crippen LogP contribution in [-0.4, -0.2) is 17.1 Å². The summed E-state index contributed by atoms with van der Waals surface area (Å²) in [5.74, 6) is -0.352. The average molecular weight is 380 g/mol. The lowest BCUT2D eigenvalue weighted by atomic mass is 9.84. The van der Waals surface area contributed by atoms with Crippen LogP contribution in [0.25, 0.3) is 10.8 Å². The number of thiophene rings is 1. The number of carboxylic acids is 1. The van der Waals surface area contributed by atoms with Gasteiger partial charge in [0.25, 0.3) is 0 Å². The second-order valence-corrected chi connectivity index (χ2v) is 8.64. The van der Waals surface area contributed by atoms with Crippen molar-refractivity contribution < 1.29 is 9.90 Å². The SMILES string of the molecule is CC(NC1CCCC(c2ccc(C(=O)O)s2)C1)c1cccc2ccccc12. The van der Waals surface area contributed by atoms with Gasteiger partial charge in [-0.2, -0.15) is 0 Å². The van der Waals surface area contributed by atoms with E-state index < -0.39 is 5.97 Å². The van der Waals surface area contributed by atoms with E-state index in [0.717, 1.165) is 12.8 Å². The molecule has 2 N–H and O–H groups in total. The van der Waals surface area contributed by atoms with Crippen LogP contribution < -0.4 is 5.32 Å². The van der Waals surface area contributed by atoms with Crippen LogP contribution in [0.4, 0.5) is 0 Å². The van der Waals surface area contributed by atoms with Crippen molar-refractivity contribution in [2.45, 2.75) is 50.6 Å². The molecule has 3 unspecified atom stereocenters. The highest BCUT2D eigenvalue weighted by atomic mass is 32.1. The Bertz CT molecular complexity index is 943. The van der Waals surface area contributed by atoms with Gasteiger partial charge in [0.15, 0.2) is 0 Å². The molecule has 27 heavy (non-hydrogen) atoms. The molecule has 1 aromatic heterocycles. The Morgan fingerprint density at radius 3 is 2.74 bits per heavy atom. The van der Waals surface area contributed by atoms with Crippen molar-refractivity contribution in [3.63, 3.8) is 0 Å². The Kier molecular flexibility index (Phi) is 5.28. The highest BCUT2D eigenvalue weighted by Gasteiger charge is 2.26. The molecular formula is C23H25NO2S. The molecule has 1 aliphatic rings. The zero-order valence-electron chi connectivity index (χ0n) is 15.5. The maximum atomic E-state index is 11.2. The summed E-state index contributed by atoms with van der Waals surface area (Å²) in [7, 11) is 0. The minimum Gasteiger partial charge on any atom is -0.477 e. The lowest BCUT2D eigenvalue weighted by Gasteiger charge is -2.32. The standard InChI is InChI=1S/C23H25NO2S/c1-15(19-11-5-7-16-6-2-3-10-20(16)19)24-18-9-4-8-17(14-18)21-12-13-22(27-21)23(25)26/h2-3,5-7,10-13,15,17-18,24H,4,8-9,14H2,1H3,(H,25,26). The van der Waals surface area contributed by atoms with Gasteiger partial charge in [0.2, 0.25) is 0 Å². The van der Waals surface area contributed by atoms with Crippen LogP contribution in [0.1, 0.15) is 64.7 Å². The molecule has 1 saturated carbocycles. The van der Waals surface area contributed by atoms with Gasteiger partial charge in [0, 0.05) is 17.0 Å². The highest BCUT2D eigenvalue weighted by Crippen LogP contribution is 2.37. The summed E-state index contributed by atoms with van der Waals surface area (Å²) in [6, 6.07) is 19.6. The molecular weight excluding hydrogens is 354 g/mol. The number of aromatic carboxylic acids is 1. The molecule has 0 amide bonds. The van der Waals surface area contributed by atoms with E-state index in [1.165, 1.54) is 45.4 Å². The number of fused-ring (bicyclic) bond motifs is 1. The van der Waals surface area contributed by atoms with Gasteiger partial charge in [-0.25, -0.2) is 4.79 Å². The molecule has 1 aliphatic carbocycles. The van der Waals surface area contributed by atoms with Crippen molar-refractivity contribution in [1.82, 2.24) is 5.32 Å². The van der Waals surface area contributed by atoms with Gasteiger partial charge >= 0.3 is 5.97 Å². The number of carboxylic acid groups (broad SMARTS) is 1. The van der Waals surface area contributed by atoms with Crippen LogP contribution in [0.3, 0.4) is 0 Å². The summed E-state index contributed by atoms with van der Waals surface area (Å²) in [4.78, 5) is 12.8. The summed E-state index contributed by atoms with van der Waals surface area (Å²) in [6.07, 6.45) is 4.60. The first-order valence-electron chi connectivity index (χ1n) is 9.68. The monoisotopic (exact) mass is 379 g/mol. The Hall–Kier alpha value is -2.17. The largest absolute Gasteiger partial charge is 0.477 e. The average Bonchev–Trinajstić information content (AvgIpc) is 3.18. The first kappa shape index (κ1) is 18.2. The van der Waals surface area contributed by atoms with E-state index in [1.807, 2.05) is 6.07 Å². The van der Waals surface area contributed by atoms with Gasteiger partial charge in [-0.15, -0.1) is 11.3 Å². The van der Waals surface area contributed by atoms with E-state index in [-0.39, 0.29) is 6.04 Å². The number of rotatable bonds is 5. The van der Waals surface area contributed by atoms with Crippen molar-refractivity contribution in [1.29, 1.82) is 0 Å². The summed E-state index contributed by atoms with van der Waals surface area (Å²) in [6.45, 7) is 2.25. The van der Waals surface area contributed by atoms with Gasteiger partial charge < -0.3 is 10.4 Å². The summed E-state index contributed by atoms with van der Waals surface area (Å²) in [5, 5.41) is 15.6. The zero-order chi connectivity index (χ0) is 18.8. The predicted octanol–water partition coefficient (Wildman–Crippen LogP) is 5.98. The van der Waals surface area contributed by atoms with Crippen molar-refractivity contribution >= 4 is 28.1 Å². The Labute approximate surface area is 164 Å². The Morgan fingerprint density at radius 1 is 1.11 bits per heavy atom. The van der Waals surface area contributed by atoms with Crippen molar-refractivity contribution in [3.05, 3.63) is 69.9 Å². The molecule has 0 saturated heterocycles. The molecule has 2 aromatic carbocycles. The molecule has 3 nitrogen and oxygen atoms in total. The molecule has 3 atom stereocenters. The molecule has 0 aliphatic heterocycles. The van der Waals surface area contributed by atoms with Gasteiger partial charge in [0.1, 0.15) is 4.88 Å². The fourth-order valence-electron chi connectivity index (χ4n) is 4.36. The van der Waals surface area contributed by atoms with E-state index >= 15 is 0 Å². The van der Waals surface area contributed by atoms with E-state index in [1.54, 1.807) is 6.07 Å². The third-order valence-corrected chi connectivity index (χ3v) is 6.93. The van der Waals surface area contributed by atoms with Crippen LogP contribution in [0.5, 0.6) is 0 Å². The van der Waals surface area contributed by atoms with Gasteiger partial charge in [0.05, 0.1) is 0 Å². The van der Waals surface area contributed by atoms with Gasteiger partial charge in [-0.05, 0) is 60.6 Å². The second kappa shape index (κ2) is 7.83. The molecule has 1 heterocycles. The van der Waals surface area contributed by atoms with Crippen LogP contribution >= 0.6 is 11.3 Å². The first-order valence-corrected chi connectivity index (χ1v) is 10.5. The molecule has 0 radical (unpaired) electrons. The van der Waals surface area contributed by atoms with Crippen molar-refractivity contribution in [2.24, 2.45) is 0 Å². The topological polar surface area (TPSA) is 49.3 Å². The summed E-state index contributed by atoms with van der Waals surface area (Å²) >= 11 is 1.44. The van der Waals surface area contributed by atoms with Gasteiger partial charge in [-0.3, -0.25) is 0 Å². The minimum absolute atomic E-state index is 0.290. The zero-order valence-corrected chi connectivity index (χ0v) is 16.3. The maximum Gasteiger partial charge on any atom is 0.345 e. The highest BCUT2D eigenvalue weighted by molar-refractivity contribution is 7.14. The third-order valence-electron chi connectivity index (χ3n) is 5.69. The fourth-order valence-corrected chi connectivity index (χ4v) is 5.35. The third kappa shape index (κ3) is 3.92. The lowest BCUT2D eigenvalue weighted by Crippen LogP contribution is -2.35. The van der Waals surface area contributed by atoms with Crippen LogP contribution in [-0.2, 0) is 0 Å². The van der Waals surface area contributed by atoms with Crippen molar-refractivity contribution in [3.8, 4) is 0 Å². The van der Waals surface area contributed by atoms with Crippen LogP contribution in [0.15, 0.2) is 54.6 Å². The summed E-state index contributed by atoms with van der Waals surface area (Å²) in [5.41, 5.74) is 1.35. The Balaban J connectivity index is 1.47. The number of nitrogens with one attached hydrogen (secondary N) is 1. The number of hydrogen-bond acceptors (Lipinski definition) is 3. The fraction of sp³-hybridized carbons (Fsp3) is 0.348. The lowest BCUT2D eigenvalue weighted by molar-refractivity contribution is 0.0702. The molecule has 3 aromatic rings. The number of carbonyl (C=O) groups is 1. The van der Waals surface area contributed by atoms with E-state index in [0.29, 0.717) is 16.8 Å². The second-order valence-electron chi connectivity index (χ2n) is 7.52. The number of benzene rings is 2. The maximum absolute atomic E-state index is 11.2. The van der Waals surface area contributed by atoms with Crippen LogP contribution in [0, 0.1) is 0 Å². The van der Waals surface area contributed by atoms with E-state index in [2.05, 4.69) is 54.7 Å². The molecule has 1 fully saturated rings. The van der Waals surface area contributed by atoms with Gasteiger partial charge in [-0.1, -0.05) is 48.9 Å². The molecule has 0 spiro atoms. The summed E-state index contributed by atoms with van der Waals surface area (Å²) < 4.78 is 0. The van der Waals surface area contributed by atoms with E-state index in [4.69, 9.17) is 0 Å². The molecule has 0 bridgehead atoms.